The molecule has 0 aliphatic heterocycles. The molecule has 0 radical (unpaired) electrons. The van der Waals surface area contributed by atoms with Crippen LogP contribution in [-0.2, 0) is 10.0 Å². The van der Waals surface area contributed by atoms with E-state index in [1.165, 1.54) is 6.21 Å². The highest BCUT2D eigenvalue weighted by Crippen LogP contribution is 2.15. The second-order valence-corrected chi connectivity index (χ2v) is 6.16. The van der Waals surface area contributed by atoms with Crippen LogP contribution in [0.15, 0.2) is 57.8 Å². The van der Waals surface area contributed by atoms with Gasteiger partial charge in [0.25, 0.3) is 10.0 Å². The van der Waals surface area contributed by atoms with Gasteiger partial charge in [-0.1, -0.05) is 29.8 Å². The fourth-order valence-electron chi connectivity index (χ4n) is 1.75. The Balaban J connectivity index is 2.23. The molecule has 2 aromatic carbocycles. The second kappa shape index (κ2) is 6.54. The van der Waals surface area contributed by atoms with Crippen molar-refractivity contribution in [3.05, 3.63) is 59.7 Å². The Hall–Kier alpha value is -2.14. The Morgan fingerprint density at radius 2 is 1.86 bits per heavy atom. The van der Waals surface area contributed by atoms with E-state index in [1.807, 2.05) is 19.9 Å². The normalized spacial score (nSPS) is 11.7. The lowest BCUT2D eigenvalue weighted by Gasteiger charge is -2.03. The summed E-state index contributed by atoms with van der Waals surface area (Å²) < 4.78 is 33.3. The van der Waals surface area contributed by atoms with Gasteiger partial charge in [0.2, 0.25) is 0 Å². The van der Waals surface area contributed by atoms with Gasteiger partial charge in [-0.25, -0.2) is 0 Å². The summed E-state index contributed by atoms with van der Waals surface area (Å²) in [4.78, 5) is 0.185. The van der Waals surface area contributed by atoms with Crippen LogP contribution in [0.2, 0.25) is 0 Å². The highest BCUT2D eigenvalue weighted by molar-refractivity contribution is 7.90. The van der Waals surface area contributed by atoms with Crippen molar-refractivity contribution in [1.82, 2.24) is 0 Å². The minimum Gasteiger partial charge on any atom is -0.494 e. The summed E-state index contributed by atoms with van der Waals surface area (Å²) in [6, 6.07) is 13.7. The first-order valence-electron chi connectivity index (χ1n) is 6.61. The number of hydrogen-bond donors (Lipinski definition) is 0. The first-order chi connectivity index (χ1) is 10.0. The number of benzene rings is 2. The Bertz CT molecular complexity index is 734. The maximum atomic E-state index is 12.1. The molecule has 2 aromatic rings. The first-order valence-corrected chi connectivity index (χ1v) is 8.05. The van der Waals surface area contributed by atoms with Gasteiger partial charge in [-0.15, -0.1) is 0 Å². The quantitative estimate of drug-likeness (QED) is 0.797. The van der Waals surface area contributed by atoms with Crippen molar-refractivity contribution in [3.8, 4) is 5.75 Å². The van der Waals surface area contributed by atoms with E-state index in [4.69, 9.17) is 4.74 Å². The minimum absolute atomic E-state index is 0.185. The summed E-state index contributed by atoms with van der Waals surface area (Å²) in [5.74, 6) is 0.689. The molecule has 0 spiro atoms. The Kier molecular flexibility index (Phi) is 4.75. The molecule has 0 bridgehead atoms. The van der Waals surface area contributed by atoms with Gasteiger partial charge in [0.1, 0.15) is 5.75 Å². The van der Waals surface area contributed by atoms with Gasteiger partial charge in [-0.3, -0.25) is 0 Å². The maximum Gasteiger partial charge on any atom is 0.282 e. The third-order valence-corrected chi connectivity index (χ3v) is 4.08. The van der Waals surface area contributed by atoms with Gasteiger partial charge in [-0.2, -0.15) is 12.8 Å². The molecule has 5 heteroatoms. The van der Waals surface area contributed by atoms with Crippen LogP contribution in [0.5, 0.6) is 5.75 Å². The summed E-state index contributed by atoms with van der Waals surface area (Å²) >= 11 is 0. The van der Waals surface area contributed by atoms with E-state index in [0.29, 0.717) is 17.9 Å². The van der Waals surface area contributed by atoms with E-state index in [-0.39, 0.29) is 4.90 Å². The van der Waals surface area contributed by atoms with E-state index < -0.39 is 10.0 Å². The summed E-state index contributed by atoms with van der Waals surface area (Å²) in [6.07, 6.45) is 1.33. The van der Waals surface area contributed by atoms with Crippen LogP contribution >= 0.6 is 0 Å². The number of aryl methyl sites for hydroxylation is 1. The molecule has 0 aromatic heterocycles. The van der Waals surface area contributed by atoms with Crippen molar-refractivity contribution < 1.29 is 13.2 Å². The molecule has 0 aliphatic rings. The molecular weight excluding hydrogens is 286 g/mol. The molecule has 4 nitrogen and oxygen atoms in total. The van der Waals surface area contributed by atoms with Gasteiger partial charge in [0, 0.05) is 6.21 Å². The van der Waals surface area contributed by atoms with Gasteiger partial charge in [0.05, 0.1) is 11.5 Å². The maximum absolute atomic E-state index is 12.1. The van der Waals surface area contributed by atoms with Crippen LogP contribution in [0.25, 0.3) is 0 Å². The zero-order valence-corrected chi connectivity index (χ0v) is 12.8. The van der Waals surface area contributed by atoms with E-state index in [9.17, 15) is 8.42 Å². The highest BCUT2D eigenvalue weighted by atomic mass is 32.2. The Morgan fingerprint density at radius 3 is 2.52 bits per heavy atom. The van der Waals surface area contributed by atoms with Crippen molar-refractivity contribution in [2.75, 3.05) is 6.61 Å². The molecule has 0 N–H and O–H groups in total. The lowest BCUT2D eigenvalue weighted by atomic mass is 10.2. The average molecular weight is 303 g/mol. The second-order valence-electron chi connectivity index (χ2n) is 4.53. The number of ether oxygens (including phenoxy) is 1. The zero-order valence-electron chi connectivity index (χ0n) is 12.0. The summed E-state index contributed by atoms with van der Waals surface area (Å²) in [6.45, 7) is 4.35. The molecule has 0 fully saturated rings. The Morgan fingerprint density at radius 1 is 1.14 bits per heavy atom. The molecule has 0 saturated heterocycles. The highest BCUT2D eigenvalue weighted by Gasteiger charge is 2.10. The van der Waals surface area contributed by atoms with Gasteiger partial charge in [-0.05, 0) is 43.7 Å². The number of hydrogen-bond acceptors (Lipinski definition) is 3. The van der Waals surface area contributed by atoms with Crippen molar-refractivity contribution in [2.24, 2.45) is 4.40 Å². The van der Waals surface area contributed by atoms with Crippen molar-refractivity contribution in [3.63, 3.8) is 0 Å². The molecule has 0 atom stereocenters. The fourth-order valence-corrected chi connectivity index (χ4v) is 2.61. The van der Waals surface area contributed by atoms with E-state index in [1.54, 1.807) is 42.5 Å². The molecule has 0 aliphatic carbocycles. The molecule has 0 unspecified atom stereocenters. The average Bonchev–Trinajstić information content (AvgIpc) is 2.47. The Labute approximate surface area is 125 Å². The first kappa shape index (κ1) is 15.3. The fraction of sp³-hybridized carbons (Fsp3) is 0.188. The van der Waals surface area contributed by atoms with Crippen molar-refractivity contribution in [2.45, 2.75) is 18.7 Å². The minimum atomic E-state index is -3.67. The molecule has 110 valence electrons. The van der Waals surface area contributed by atoms with Crippen molar-refractivity contribution >= 4 is 16.2 Å². The largest absolute Gasteiger partial charge is 0.494 e. The summed E-state index contributed by atoms with van der Waals surface area (Å²) in [7, 11) is -3.67. The predicted octanol–water partition coefficient (Wildman–Crippen LogP) is 3.20. The van der Waals surface area contributed by atoms with E-state index in [2.05, 4.69) is 4.40 Å². The van der Waals surface area contributed by atoms with Crippen LogP contribution in [-0.4, -0.2) is 21.2 Å². The lowest BCUT2D eigenvalue weighted by molar-refractivity contribution is 0.340. The monoisotopic (exact) mass is 303 g/mol. The van der Waals surface area contributed by atoms with Gasteiger partial charge in [0.15, 0.2) is 0 Å². The third kappa shape index (κ3) is 4.16. The number of rotatable bonds is 5. The van der Waals surface area contributed by atoms with Gasteiger partial charge < -0.3 is 4.74 Å². The third-order valence-electron chi connectivity index (χ3n) is 2.83. The van der Waals surface area contributed by atoms with Crippen LogP contribution in [0.1, 0.15) is 18.1 Å². The standard InChI is InChI=1S/C16H17NO3S/c1-3-20-15-6-4-5-14(11-15)12-17-21(18,19)16-9-7-13(2)8-10-16/h4-12H,3H2,1-2H3/b17-12-. The van der Waals surface area contributed by atoms with E-state index >= 15 is 0 Å². The topological polar surface area (TPSA) is 55.7 Å². The van der Waals surface area contributed by atoms with Crippen LogP contribution in [0.3, 0.4) is 0 Å². The molecule has 0 heterocycles. The molecule has 21 heavy (non-hydrogen) atoms. The van der Waals surface area contributed by atoms with Crippen molar-refractivity contribution in [1.29, 1.82) is 0 Å². The van der Waals surface area contributed by atoms with E-state index in [0.717, 1.165) is 5.56 Å². The zero-order chi connectivity index (χ0) is 15.3. The molecule has 2 rings (SSSR count). The molecule has 0 saturated carbocycles. The number of sulfonamides is 1. The van der Waals surface area contributed by atoms with Gasteiger partial charge >= 0.3 is 0 Å². The SMILES string of the molecule is CCOc1cccc(/C=N\S(=O)(=O)c2ccc(C)cc2)c1. The van der Waals surface area contributed by atoms with Crippen LogP contribution in [0.4, 0.5) is 0 Å². The summed E-state index contributed by atoms with van der Waals surface area (Å²) in [5.41, 5.74) is 1.68. The summed E-state index contributed by atoms with van der Waals surface area (Å²) in [5, 5.41) is 0. The molecule has 0 amide bonds. The number of nitrogens with zero attached hydrogens (tertiary/aromatic N) is 1. The predicted molar refractivity (Wildman–Crippen MR) is 83.6 cm³/mol. The lowest BCUT2D eigenvalue weighted by Crippen LogP contribution is -1.98. The van der Waals surface area contributed by atoms with Crippen LogP contribution < -0.4 is 4.74 Å². The smallest absolute Gasteiger partial charge is 0.282 e. The molecular formula is C16H17NO3S. The van der Waals surface area contributed by atoms with Crippen LogP contribution in [0, 0.1) is 6.92 Å².